The lowest BCUT2D eigenvalue weighted by Crippen LogP contribution is -2.17. The third-order valence-electron chi connectivity index (χ3n) is 4.29. The van der Waals surface area contributed by atoms with E-state index in [1.165, 1.54) is 5.10 Å². The van der Waals surface area contributed by atoms with Crippen molar-refractivity contribution in [3.8, 4) is 5.69 Å². The number of aromatic amines is 1. The summed E-state index contributed by atoms with van der Waals surface area (Å²) in [4.78, 5) is 21.6. The molecule has 21 heteroatoms. The van der Waals surface area contributed by atoms with E-state index < -0.39 is 75.3 Å². The number of carbonyl (C=O) groups is 1. The van der Waals surface area contributed by atoms with Gasteiger partial charge in [0.1, 0.15) is 11.4 Å². The second kappa shape index (κ2) is 10.4. The van der Waals surface area contributed by atoms with E-state index in [9.17, 15) is 67.6 Å². The second-order valence-corrected chi connectivity index (χ2v) is 6.93. The van der Waals surface area contributed by atoms with Gasteiger partial charge in [0.2, 0.25) is 0 Å². The molecule has 0 bridgehead atoms. The van der Waals surface area contributed by atoms with Crippen molar-refractivity contribution in [3.63, 3.8) is 0 Å². The van der Waals surface area contributed by atoms with Gasteiger partial charge >= 0.3 is 30.7 Å². The molecule has 0 atom stereocenters. The summed E-state index contributed by atoms with van der Waals surface area (Å²) < 4.78 is 152. The van der Waals surface area contributed by atoms with Gasteiger partial charge in [0.25, 0.3) is 5.69 Å². The quantitative estimate of drug-likeness (QED) is 0.173. The molecule has 0 aliphatic rings. The molecule has 214 valence electrons. The maximum absolute atomic E-state index is 13.1. The smallest absolute Gasteiger partial charge is 0.435 e. The Morgan fingerprint density at radius 2 is 1.44 bits per heavy atom. The summed E-state index contributed by atoms with van der Waals surface area (Å²) in [7, 11) is 0.847. The van der Waals surface area contributed by atoms with Gasteiger partial charge in [-0.2, -0.15) is 62.9 Å². The Hall–Kier alpha value is -4.33. The molecule has 0 unspecified atom stereocenters. The number of rotatable bonds is 3. The fourth-order valence-corrected chi connectivity index (χ4v) is 2.61. The van der Waals surface area contributed by atoms with E-state index in [0.29, 0.717) is 12.1 Å². The fourth-order valence-electron chi connectivity index (χ4n) is 2.61. The average molecular weight is 587 g/mol. The first-order valence-corrected chi connectivity index (χ1v) is 9.38. The van der Waals surface area contributed by atoms with Crippen LogP contribution in [0.2, 0.25) is 0 Å². The summed E-state index contributed by atoms with van der Waals surface area (Å²) in [6.45, 7) is 0. The van der Waals surface area contributed by atoms with Crippen molar-refractivity contribution in [1.29, 1.82) is 0 Å². The Balaban J connectivity index is 0.000000344. The molecule has 0 radical (unpaired) electrons. The number of nitro benzene ring substituents is 1. The summed E-state index contributed by atoms with van der Waals surface area (Å²) in [5.41, 5.74) is -8.96. The number of aromatic nitrogens is 4. The van der Waals surface area contributed by atoms with Crippen molar-refractivity contribution >= 4 is 11.7 Å². The zero-order valence-electron chi connectivity index (χ0n) is 18.3. The van der Waals surface area contributed by atoms with E-state index in [1.54, 1.807) is 0 Å². The van der Waals surface area contributed by atoms with Gasteiger partial charge in [-0.15, -0.1) is 0 Å². The van der Waals surface area contributed by atoms with Gasteiger partial charge in [-0.1, -0.05) is 0 Å². The van der Waals surface area contributed by atoms with Crippen LogP contribution in [-0.4, -0.2) is 38.0 Å². The van der Waals surface area contributed by atoms with Crippen LogP contribution in [-0.2, 0) is 29.4 Å². The number of benzene rings is 1. The van der Waals surface area contributed by atoms with E-state index in [2.05, 4.69) is 14.9 Å². The number of methoxy groups -OCH3 is 1. The van der Waals surface area contributed by atoms with E-state index in [4.69, 9.17) is 0 Å². The molecule has 2 aromatic heterocycles. The van der Waals surface area contributed by atoms with Crippen LogP contribution in [0.1, 0.15) is 33.1 Å². The third-order valence-corrected chi connectivity index (χ3v) is 4.29. The number of carbonyl (C=O) groups excluding carboxylic acids is 1. The highest BCUT2D eigenvalue weighted by molar-refractivity contribution is 5.94. The minimum absolute atomic E-state index is 0.0833. The zero-order chi connectivity index (χ0) is 30.1. The molecule has 1 N–H and O–H groups in total. The summed E-state index contributed by atoms with van der Waals surface area (Å²) in [5, 5.41) is 17.4. The van der Waals surface area contributed by atoms with Crippen LogP contribution in [0.25, 0.3) is 5.69 Å². The van der Waals surface area contributed by atoms with Crippen molar-refractivity contribution in [3.05, 3.63) is 68.8 Å². The highest BCUT2D eigenvalue weighted by Crippen LogP contribution is 2.37. The van der Waals surface area contributed by atoms with Gasteiger partial charge in [-0.25, -0.2) is 9.48 Å². The summed E-state index contributed by atoms with van der Waals surface area (Å²) in [6.07, 6.45) is -20.1. The molecule has 0 aliphatic carbocycles. The van der Waals surface area contributed by atoms with Crippen molar-refractivity contribution in [2.24, 2.45) is 0 Å². The van der Waals surface area contributed by atoms with Crippen LogP contribution in [0, 0.1) is 10.1 Å². The maximum Gasteiger partial charge on any atom is 0.435 e. The Bertz CT molecular complexity index is 1320. The number of esters is 1. The zero-order valence-corrected chi connectivity index (χ0v) is 18.3. The lowest BCUT2D eigenvalue weighted by Gasteiger charge is -2.13. The number of ether oxygens (including phenoxy) is 1. The van der Waals surface area contributed by atoms with Crippen LogP contribution in [0.5, 0.6) is 0 Å². The largest absolute Gasteiger partial charge is 0.465 e. The normalized spacial score (nSPS) is 12.5. The van der Waals surface area contributed by atoms with Crippen molar-refractivity contribution in [2.45, 2.75) is 24.7 Å². The molecular weight excluding hydrogens is 578 g/mol. The van der Waals surface area contributed by atoms with Crippen molar-refractivity contribution < 1.29 is 67.1 Å². The SMILES string of the molecule is COC(=O)c1cc([N+](=O)[O-])ccc1-n1nc(C(F)(F)F)cc1C(F)(F)F.FC(F)(F)c1cc(C(F)(F)F)[nH]n1. The van der Waals surface area contributed by atoms with Crippen molar-refractivity contribution in [1.82, 2.24) is 20.0 Å². The molecule has 3 aromatic rings. The molecule has 9 nitrogen and oxygen atoms in total. The fraction of sp³-hybridized carbons (Fsp3) is 0.278. The van der Waals surface area contributed by atoms with E-state index in [-0.39, 0.29) is 16.8 Å². The number of halogens is 12. The molecule has 0 fully saturated rings. The molecule has 0 spiro atoms. The molecule has 3 rings (SSSR count). The Kier molecular flexibility index (Phi) is 8.27. The second-order valence-electron chi connectivity index (χ2n) is 6.93. The lowest BCUT2D eigenvalue weighted by molar-refractivity contribution is -0.384. The highest BCUT2D eigenvalue weighted by atomic mass is 19.4. The number of nitro groups is 1. The topological polar surface area (TPSA) is 116 Å². The van der Waals surface area contributed by atoms with Crippen LogP contribution in [0.15, 0.2) is 30.3 Å². The summed E-state index contributed by atoms with van der Waals surface area (Å²) >= 11 is 0. The van der Waals surface area contributed by atoms with Gasteiger partial charge in [0.05, 0.1) is 23.3 Å². The standard InChI is InChI=1S/C13H7F6N3O4.C5H2F6N2/c1-26-11(23)7-4-6(22(24)25)2-3-8(7)21-10(13(17,18)19)5-9(20-21)12(14,15)16;6-4(7,8)2-1-3(13-12-2)5(9,10)11/h2-5H,1H3;1H,(H,12,13). The summed E-state index contributed by atoms with van der Waals surface area (Å²) in [5.74, 6) is -1.29. The van der Waals surface area contributed by atoms with E-state index >= 15 is 0 Å². The molecule has 0 saturated heterocycles. The van der Waals surface area contributed by atoms with Gasteiger partial charge in [-0.05, 0) is 6.07 Å². The molecule has 0 aliphatic heterocycles. The Morgan fingerprint density at radius 1 is 0.872 bits per heavy atom. The minimum Gasteiger partial charge on any atom is -0.465 e. The van der Waals surface area contributed by atoms with E-state index in [1.807, 2.05) is 0 Å². The van der Waals surface area contributed by atoms with Gasteiger partial charge < -0.3 is 4.74 Å². The monoisotopic (exact) mass is 587 g/mol. The Labute approximate surface area is 206 Å². The van der Waals surface area contributed by atoms with Crippen LogP contribution < -0.4 is 0 Å². The Morgan fingerprint density at radius 3 is 1.82 bits per heavy atom. The highest BCUT2D eigenvalue weighted by Gasteiger charge is 2.43. The first kappa shape index (κ1) is 30.9. The molecule has 1 aromatic carbocycles. The van der Waals surface area contributed by atoms with E-state index in [0.717, 1.165) is 13.2 Å². The molecule has 0 saturated carbocycles. The first-order chi connectivity index (χ1) is 17.6. The van der Waals surface area contributed by atoms with Gasteiger partial charge in [-0.3, -0.25) is 15.2 Å². The van der Waals surface area contributed by atoms with Crippen LogP contribution >= 0.6 is 0 Å². The summed E-state index contributed by atoms with van der Waals surface area (Å²) in [6, 6.07) is 1.66. The number of hydrogen-bond acceptors (Lipinski definition) is 6. The van der Waals surface area contributed by atoms with Crippen LogP contribution in [0.3, 0.4) is 0 Å². The molecule has 39 heavy (non-hydrogen) atoms. The molecule has 0 amide bonds. The van der Waals surface area contributed by atoms with Gasteiger partial charge in [0.15, 0.2) is 11.4 Å². The number of nitrogens with one attached hydrogen (secondary N) is 1. The number of H-pyrrole nitrogens is 1. The number of non-ortho nitro benzene ring substituents is 1. The van der Waals surface area contributed by atoms with Gasteiger partial charge in [0, 0.05) is 24.3 Å². The van der Waals surface area contributed by atoms with Crippen molar-refractivity contribution in [2.75, 3.05) is 7.11 Å². The molecular formula is C18H9F12N5O4. The van der Waals surface area contributed by atoms with Crippen LogP contribution in [0.4, 0.5) is 58.4 Å². The predicted molar refractivity (Wildman–Crippen MR) is 100 cm³/mol. The molecule has 2 heterocycles. The lowest BCUT2D eigenvalue weighted by atomic mass is 10.1. The number of alkyl halides is 12. The predicted octanol–water partition coefficient (Wildman–Crippen LogP) is 6.05. The number of nitrogens with zero attached hydrogens (tertiary/aromatic N) is 4. The average Bonchev–Trinajstić information content (AvgIpc) is 3.46. The minimum atomic E-state index is -5.24. The number of hydrogen-bond donors (Lipinski definition) is 1. The maximum atomic E-state index is 13.1. The third kappa shape index (κ3) is 7.37. The first-order valence-electron chi connectivity index (χ1n) is 9.38.